The summed E-state index contributed by atoms with van der Waals surface area (Å²) in [6, 6.07) is 0.158. The molecule has 0 amide bonds. The smallest absolute Gasteiger partial charge is 0.0804 e. The van der Waals surface area contributed by atoms with Gasteiger partial charge in [0.25, 0.3) is 0 Å². The Morgan fingerprint density at radius 1 is 1.37 bits per heavy atom. The van der Waals surface area contributed by atoms with Crippen LogP contribution in [0.4, 0.5) is 0 Å². The maximum atomic E-state index is 4.41. The maximum absolute atomic E-state index is 4.41. The number of hydrogen-bond acceptors (Lipinski definition) is 5. The predicted molar refractivity (Wildman–Crippen MR) is 77.3 cm³/mol. The van der Waals surface area contributed by atoms with Crippen LogP contribution < -0.4 is 5.32 Å². The summed E-state index contributed by atoms with van der Waals surface area (Å²) < 4.78 is 6.09. The average Bonchev–Trinajstić information content (AvgIpc) is 3.05. The fourth-order valence-electron chi connectivity index (χ4n) is 2.13. The van der Waals surface area contributed by atoms with Crippen LogP contribution >= 0.6 is 11.5 Å². The van der Waals surface area contributed by atoms with Gasteiger partial charge in [0.15, 0.2) is 0 Å². The van der Waals surface area contributed by atoms with Crippen molar-refractivity contribution in [3.8, 4) is 0 Å². The van der Waals surface area contributed by atoms with Gasteiger partial charge in [0.2, 0.25) is 0 Å². The van der Waals surface area contributed by atoms with Crippen molar-refractivity contribution in [2.75, 3.05) is 6.54 Å². The minimum absolute atomic E-state index is 0.158. The molecule has 0 aliphatic carbocycles. The van der Waals surface area contributed by atoms with Crippen molar-refractivity contribution in [3.63, 3.8) is 0 Å². The van der Waals surface area contributed by atoms with Crippen LogP contribution in [0.25, 0.3) is 0 Å². The van der Waals surface area contributed by atoms with E-state index in [4.69, 9.17) is 0 Å². The molecule has 2 rings (SSSR count). The third kappa shape index (κ3) is 3.19. The first kappa shape index (κ1) is 14.1. The summed E-state index contributed by atoms with van der Waals surface area (Å²) in [6.45, 7) is 8.25. The van der Waals surface area contributed by atoms with Crippen LogP contribution in [0.5, 0.6) is 0 Å². The summed E-state index contributed by atoms with van der Waals surface area (Å²) in [6.07, 6.45) is 6.07. The van der Waals surface area contributed by atoms with E-state index in [1.807, 2.05) is 10.9 Å². The van der Waals surface area contributed by atoms with Crippen LogP contribution in [-0.4, -0.2) is 25.9 Å². The lowest BCUT2D eigenvalue weighted by Crippen LogP contribution is -2.21. The van der Waals surface area contributed by atoms with Gasteiger partial charge in [0, 0.05) is 18.3 Å². The van der Waals surface area contributed by atoms with Crippen molar-refractivity contribution in [3.05, 3.63) is 28.5 Å². The number of aromatic nitrogens is 4. The highest BCUT2D eigenvalue weighted by atomic mass is 32.1. The Balaban J connectivity index is 2.28. The van der Waals surface area contributed by atoms with Gasteiger partial charge in [-0.1, -0.05) is 25.3 Å². The van der Waals surface area contributed by atoms with E-state index >= 15 is 0 Å². The Morgan fingerprint density at radius 3 is 2.89 bits per heavy atom. The highest BCUT2D eigenvalue weighted by Gasteiger charge is 2.20. The van der Waals surface area contributed by atoms with Crippen molar-refractivity contribution < 1.29 is 0 Å². The van der Waals surface area contributed by atoms with E-state index in [0.717, 1.165) is 31.6 Å². The molecule has 6 heteroatoms. The fourth-order valence-corrected chi connectivity index (χ4v) is 2.97. The van der Waals surface area contributed by atoms with Crippen LogP contribution in [0.2, 0.25) is 0 Å². The first-order valence-electron chi connectivity index (χ1n) is 6.86. The van der Waals surface area contributed by atoms with Crippen molar-refractivity contribution >= 4 is 11.5 Å². The van der Waals surface area contributed by atoms with E-state index in [2.05, 4.69) is 47.0 Å². The summed E-state index contributed by atoms with van der Waals surface area (Å²) >= 11 is 1.48. The lowest BCUT2D eigenvalue weighted by molar-refractivity contribution is 0.597. The van der Waals surface area contributed by atoms with Crippen LogP contribution in [0.15, 0.2) is 12.4 Å². The number of nitrogens with zero attached hydrogens (tertiary/aromatic N) is 4. The number of rotatable bonds is 7. The molecule has 1 atom stereocenters. The first-order chi connectivity index (χ1) is 9.30. The lowest BCUT2D eigenvalue weighted by atomic mass is 10.1. The highest BCUT2D eigenvalue weighted by Crippen LogP contribution is 2.27. The zero-order valence-electron chi connectivity index (χ0n) is 11.8. The lowest BCUT2D eigenvalue weighted by Gasteiger charge is -2.15. The van der Waals surface area contributed by atoms with E-state index < -0.39 is 0 Å². The van der Waals surface area contributed by atoms with Crippen molar-refractivity contribution in [1.29, 1.82) is 0 Å². The Bertz CT molecular complexity index is 505. The molecule has 0 saturated carbocycles. The highest BCUT2D eigenvalue weighted by molar-refractivity contribution is 7.05. The molecular formula is C13H21N5S. The van der Waals surface area contributed by atoms with Crippen LogP contribution in [0, 0.1) is 0 Å². The zero-order valence-corrected chi connectivity index (χ0v) is 12.6. The van der Waals surface area contributed by atoms with Gasteiger partial charge in [0.1, 0.15) is 0 Å². The van der Waals surface area contributed by atoms with E-state index in [0.29, 0.717) is 0 Å². The minimum Gasteiger partial charge on any atom is -0.306 e. The standard InChI is InChI=1S/C13H21N5S/c1-4-7-18-9-10(8-15-18)12(14-6-3)13-11(5-2)16-17-19-13/h8-9,12,14H,4-7H2,1-3H3. The van der Waals surface area contributed by atoms with Gasteiger partial charge in [-0.3, -0.25) is 4.68 Å². The van der Waals surface area contributed by atoms with Crippen LogP contribution in [0.3, 0.4) is 0 Å². The molecule has 0 aliphatic heterocycles. The SMILES string of the molecule is CCCn1cc(C(NCC)c2snnc2CC)cn1. The molecule has 0 aromatic carbocycles. The molecule has 0 spiro atoms. The van der Waals surface area contributed by atoms with Gasteiger partial charge in [-0.25, -0.2) is 0 Å². The molecule has 1 N–H and O–H groups in total. The molecule has 2 heterocycles. The van der Waals surface area contributed by atoms with Gasteiger partial charge in [0.05, 0.1) is 22.8 Å². The molecule has 0 fully saturated rings. The second-order valence-electron chi connectivity index (χ2n) is 4.46. The first-order valence-corrected chi connectivity index (χ1v) is 7.64. The zero-order chi connectivity index (χ0) is 13.7. The topological polar surface area (TPSA) is 55.6 Å². The van der Waals surface area contributed by atoms with E-state index in [1.165, 1.54) is 22.0 Å². The molecule has 0 bridgehead atoms. The van der Waals surface area contributed by atoms with E-state index in [-0.39, 0.29) is 6.04 Å². The molecule has 1 unspecified atom stereocenters. The summed E-state index contributed by atoms with van der Waals surface area (Å²) in [5.74, 6) is 0. The second-order valence-corrected chi connectivity index (χ2v) is 5.25. The van der Waals surface area contributed by atoms with Gasteiger partial charge in [-0.15, -0.1) is 5.10 Å². The maximum Gasteiger partial charge on any atom is 0.0804 e. The fraction of sp³-hybridized carbons (Fsp3) is 0.615. The van der Waals surface area contributed by atoms with Gasteiger partial charge in [-0.2, -0.15) is 5.10 Å². The summed E-state index contributed by atoms with van der Waals surface area (Å²) in [5.41, 5.74) is 2.27. The molecule has 2 aromatic heterocycles. The Hall–Kier alpha value is -1.27. The van der Waals surface area contributed by atoms with Gasteiger partial charge >= 0.3 is 0 Å². The van der Waals surface area contributed by atoms with Crippen LogP contribution in [-0.2, 0) is 13.0 Å². The molecule has 0 aliphatic rings. The third-order valence-electron chi connectivity index (χ3n) is 3.03. The molecule has 19 heavy (non-hydrogen) atoms. The predicted octanol–water partition coefficient (Wildman–Crippen LogP) is 2.41. The molecular weight excluding hydrogens is 258 g/mol. The molecule has 5 nitrogen and oxygen atoms in total. The Labute approximate surface area is 118 Å². The second kappa shape index (κ2) is 6.77. The average molecular weight is 279 g/mol. The molecule has 0 radical (unpaired) electrons. The van der Waals surface area contributed by atoms with Crippen molar-refractivity contribution in [2.45, 2.75) is 46.2 Å². The summed E-state index contributed by atoms with van der Waals surface area (Å²) in [7, 11) is 0. The number of aryl methyl sites for hydroxylation is 2. The number of nitrogens with one attached hydrogen (secondary N) is 1. The van der Waals surface area contributed by atoms with Crippen LogP contribution in [0.1, 0.15) is 49.4 Å². The largest absolute Gasteiger partial charge is 0.306 e. The molecule has 0 saturated heterocycles. The molecule has 2 aromatic rings. The van der Waals surface area contributed by atoms with Gasteiger partial charge in [-0.05, 0) is 30.9 Å². The Kier molecular flexibility index (Phi) is 5.04. The normalized spacial score (nSPS) is 12.8. The summed E-state index contributed by atoms with van der Waals surface area (Å²) in [5, 5.41) is 12.1. The third-order valence-corrected chi connectivity index (χ3v) is 3.86. The van der Waals surface area contributed by atoms with E-state index in [9.17, 15) is 0 Å². The minimum atomic E-state index is 0.158. The van der Waals surface area contributed by atoms with Crippen molar-refractivity contribution in [2.24, 2.45) is 0 Å². The van der Waals surface area contributed by atoms with E-state index in [1.54, 1.807) is 0 Å². The molecule has 104 valence electrons. The quantitative estimate of drug-likeness (QED) is 0.845. The monoisotopic (exact) mass is 279 g/mol. The van der Waals surface area contributed by atoms with Crippen molar-refractivity contribution in [1.82, 2.24) is 24.7 Å². The Morgan fingerprint density at radius 2 is 2.21 bits per heavy atom. The number of hydrogen-bond donors (Lipinski definition) is 1. The summed E-state index contributed by atoms with van der Waals surface area (Å²) in [4.78, 5) is 1.21. The van der Waals surface area contributed by atoms with Gasteiger partial charge < -0.3 is 5.32 Å².